The Bertz CT molecular complexity index is 991. The van der Waals surface area contributed by atoms with Crippen LogP contribution in [0.25, 0.3) is 33.3 Å². The van der Waals surface area contributed by atoms with Gasteiger partial charge in [0.1, 0.15) is 11.3 Å². The topological polar surface area (TPSA) is 46.3 Å². The summed E-state index contributed by atoms with van der Waals surface area (Å²) in [6.07, 6.45) is 0. The molecule has 4 aromatic rings. The van der Waals surface area contributed by atoms with E-state index in [4.69, 9.17) is 16.0 Å². The molecule has 22 heavy (non-hydrogen) atoms. The van der Waals surface area contributed by atoms with Crippen molar-refractivity contribution in [1.82, 2.24) is 4.98 Å². The van der Waals surface area contributed by atoms with Gasteiger partial charge < -0.3 is 9.52 Å². The molecule has 3 nitrogen and oxygen atoms in total. The molecule has 0 fully saturated rings. The van der Waals surface area contributed by atoms with Crippen LogP contribution in [0, 0.1) is 0 Å². The number of pyridine rings is 1. The fourth-order valence-electron chi connectivity index (χ4n) is 2.54. The monoisotopic (exact) mass is 309 g/mol. The largest absolute Gasteiger partial charge is 0.454 e. The van der Waals surface area contributed by atoms with Crippen molar-refractivity contribution in [3.63, 3.8) is 0 Å². The van der Waals surface area contributed by atoms with Gasteiger partial charge in [0.15, 0.2) is 5.76 Å². The maximum Gasteiger partial charge on any atom is 0.153 e. The molecular formula is C18H12ClNO2. The van der Waals surface area contributed by atoms with Crippen LogP contribution in [0.5, 0.6) is 0 Å². The zero-order valence-corrected chi connectivity index (χ0v) is 12.3. The van der Waals surface area contributed by atoms with Gasteiger partial charge in [-0.25, -0.2) is 4.98 Å². The number of benzene rings is 2. The summed E-state index contributed by atoms with van der Waals surface area (Å²) >= 11 is 6.03. The van der Waals surface area contributed by atoms with Crippen molar-refractivity contribution >= 4 is 33.5 Å². The maximum absolute atomic E-state index is 9.21. The first-order valence-electron chi connectivity index (χ1n) is 6.93. The summed E-state index contributed by atoms with van der Waals surface area (Å²) in [6.45, 7) is 0.0170. The lowest BCUT2D eigenvalue weighted by molar-refractivity contribution is 0.282. The van der Waals surface area contributed by atoms with E-state index < -0.39 is 0 Å². The van der Waals surface area contributed by atoms with E-state index in [2.05, 4.69) is 4.98 Å². The standard InChI is InChI=1S/C18H12ClNO2/c19-14-4-2-12-3-5-15(20-16(12)9-14)18-8-13-7-11(10-21)1-6-17(13)22-18/h1-9,21H,10H2. The number of aliphatic hydroxyl groups is 1. The number of rotatable bonds is 2. The van der Waals surface area contributed by atoms with Crippen LogP contribution in [0.3, 0.4) is 0 Å². The Labute approximate surface area is 131 Å². The highest BCUT2D eigenvalue weighted by Crippen LogP contribution is 2.29. The minimum atomic E-state index is 0.0170. The number of hydrogen-bond donors (Lipinski definition) is 1. The predicted molar refractivity (Wildman–Crippen MR) is 87.9 cm³/mol. The third-order valence-electron chi connectivity index (χ3n) is 3.67. The minimum absolute atomic E-state index is 0.0170. The average molecular weight is 310 g/mol. The van der Waals surface area contributed by atoms with Gasteiger partial charge in [-0.2, -0.15) is 0 Å². The lowest BCUT2D eigenvalue weighted by Crippen LogP contribution is -1.83. The van der Waals surface area contributed by atoms with Crippen LogP contribution < -0.4 is 0 Å². The van der Waals surface area contributed by atoms with Crippen LogP contribution in [0.1, 0.15) is 5.56 Å². The molecule has 0 aliphatic rings. The number of aromatic nitrogens is 1. The number of aliphatic hydroxyl groups excluding tert-OH is 1. The van der Waals surface area contributed by atoms with Crippen molar-refractivity contribution in [1.29, 1.82) is 0 Å². The third kappa shape index (κ3) is 2.25. The predicted octanol–water partition coefficient (Wildman–Crippen LogP) is 4.79. The summed E-state index contributed by atoms with van der Waals surface area (Å²) in [5.41, 5.74) is 3.23. The molecule has 108 valence electrons. The Morgan fingerprint density at radius 1 is 0.955 bits per heavy atom. The van der Waals surface area contributed by atoms with E-state index in [1.807, 2.05) is 54.6 Å². The Morgan fingerprint density at radius 3 is 2.68 bits per heavy atom. The summed E-state index contributed by atoms with van der Waals surface area (Å²) in [7, 11) is 0. The van der Waals surface area contributed by atoms with Crippen LogP contribution in [0.15, 0.2) is 59.0 Å². The van der Waals surface area contributed by atoms with Crippen molar-refractivity contribution in [2.75, 3.05) is 0 Å². The van der Waals surface area contributed by atoms with E-state index in [0.29, 0.717) is 10.8 Å². The van der Waals surface area contributed by atoms with Crippen LogP contribution in [-0.4, -0.2) is 10.1 Å². The number of halogens is 1. The van der Waals surface area contributed by atoms with Crippen molar-refractivity contribution < 1.29 is 9.52 Å². The summed E-state index contributed by atoms with van der Waals surface area (Å²) in [5.74, 6) is 0.701. The molecule has 2 aromatic heterocycles. The molecule has 0 aliphatic carbocycles. The lowest BCUT2D eigenvalue weighted by Gasteiger charge is -2.00. The first kappa shape index (κ1) is 13.3. The van der Waals surface area contributed by atoms with E-state index in [-0.39, 0.29) is 6.61 Å². The summed E-state index contributed by atoms with van der Waals surface area (Å²) in [6, 6.07) is 17.1. The molecule has 0 atom stereocenters. The molecule has 2 heterocycles. The number of hydrogen-bond acceptors (Lipinski definition) is 3. The highest BCUT2D eigenvalue weighted by molar-refractivity contribution is 6.31. The first-order valence-corrected chi connectivity index (χ1v) is 7.31. The minimum Gasteiger partial charge on any atom is -0.454 e. The molecule has 0 saturated carbocycles. The summed E-state index contributed by atoms with van der Waals surface area (Å²) in [5, 5.41) is 11.9. The van der Waals surface area contributed by atoms with Gasteiger partial charge in [-0.05, 0) is 42.0 Å². The highest BCUT2D eigenvalue weighted by atomic mass is 35.5. The van der Waals surface area contributed by atoms with E-state index in [1.54, 1.807) is 0 Å². The Kier molecular flexibility index (Phi) is 3.10. The van der Waals surface area contributed by atoms with Crippen molar-refractivity contribution in [2.24, 2.45) is 0 Å². The van der Waals surface area contributed by atoms with Gasteiger partial charge in [0.25, 0.3) is 0 Å². The highest BCUT2D eigenvalue weighted by Gasteiger charge is 2.09. The molecule has 2 aromatic carbocycles. The molecule has 4 rings (SSSR count). The van der Waals surface area contributed by atoms with Gasteiger partial charge in [0, 0.05) is 15.8 Å². The number of nitrogens with zero attached hydrogens (tertiary/aromatic N) is 1. The normalized spacial score (nSPS) is 11.4. The smallest absolute Gasteiger partial charge is 0.153 e. The zero-order chi connectivity index (χ0) is 15.1. The van der Waals surface area contributed by atoms with Crippen LogP contribution >= 0.6 is 11.6 Å². The van der Waals surface area contributed by atoms with E-state index in [9.17, 15) is 5.11 Å². The molecule has 0 unspecified atom stereocenters. The van der Waals surface area contributed by atoms with Gasteiger partial charge in [0.05, 0.1) is 12.1 Å². The third-order valence-corrected chi connectivity index (χ3v) is 3.90. The van der Waals surface area contributed by atoms with E-state index >= 15 is 0 Å². The second-order valence-corrected chi connectivity index (χ2v) is 5.61. The fraction of sp³-hybridized carbons (Fsp3) is 0.0556. The molecule has 4 heteroatoms. The molecule has 1 N–H and O–H groups in total. The van der Waals surface area contributed by atoms with Crippen LogP contribution in [0.2, 0.25) is 5.02 Å². The zero-order valence-electron chi connectivity index (χ0n) is 11.6. The van der Waals surface area contributed by atoms with Crippen molar-refractivity contribution in [3.8, 4) is 11.5 Å². The SMILES string of the molecule is OCc1ccc2oc(-c3ccc4ccc(Cl)cc4n3)cc2c1. The molecule has 0 spiro atoms. The Balaban J connectivity index is 1.86. The second-order valence-electron chi connectivity index (χ2n) is 5.17. The average Bonchev–Trinajstić information content (AvgIpc) is 2.97. The summed E-state index contributed by atoms with van der Waals surface area (Å²) in [4.78, 5) is 4.62. The van der Waals surface area contributed by atoms with Gasteiger partial charge in [-0.1, -0.05) is 29.8 Å². The lowest BCUT2D eigenvalue weighted by atomic mass is 10.1. The molecule has 0 radical (unpaired) electrons. The quantitative estimate of drug-likeness (QED) is 0.579. The van der Waals surface area contributed by atoms with Gasteiger partial charge in [-0.3, -0.25) is 0 Å². The number of fused-ring (bicyclic) bond motifs is 2. The van der Waals surface area contributed by atoms with Gasteiger partial charge in [0.2, 0.25) is 0 Å². The van der Waals surface area contributed by atoms with Crippen LogP contribution in [-0.2, 0) is 6.61 Å². The second kappa shape index (κ2) is 5.13. The summed E-state index contributed by atoms with van der Waals surface area (Å²) < 4.78 is 5.86. The molecular weight excluding hydrogens is 298 g/mol. The van der Waals surface area contributed by atoms with E-state index in [1.165, 1.54) is 0 Å². The van der Waals surface area contributed by atoms with Crippen LogP contribution in [0.4, 0.5) is 0 Å². The van der Waals surface area contributed by atoms with Crippen molar-refractivity contribution in [2.45, 2.75) is 6.61 Å². The van der Waals surface area contributed by atoms with Crippen molar-refractivity contribution in [3.05, 3.63) is 65.2 Å². The number of furan rings is 1. The Morgan fingerprint density at radius 2 is 1.82 bits per heavy atom. The fourth-order valence-corrected chi connectivity index (χ4v) is 2.71. The molecule has 0 amide bonds. The van der Waals surface area contributed by atoms with E-state index in [0.717, 1.165) is 33.1 Å². The molecule has 0 saturated heterocycles. The van der Waals surface area contributed by atoms with Gasteiger partial charge in [-0.15, -0.1) is 0 Å². The molecule has 0 aliphatic heterocycles. The first-order chi connectivity index (χ1) is 10.7. The molecule has 0 bridgehead atoms. The maximum atomic E-state index is 9.21. The van der Waals surface area contributed by atoms with Gasteiger partial charge >= 0.3 is 0 Å². The Hall–Kier alpha value is -2.36.